The fraction of sp³-hybridized carbons (Fsp3) is 0.391. The summed E-state index contributed by atoms with van der Waals surface area (Å²) in [5.41, 5.74) is 5.19. The number of hydrogen-bond donors (Lipinski definition) is 0. The topological polar surface area (TPSA) is 44.1 Å². The van der Waals surface area contributed by atoms with Crippen LogP contribution in [0.15, 0.2) is 30.0 Å². The van der Waals surface area contributed by atoms with E-state index in [4.69, 9.17) is 4.74 Å². The quantitative estimate of drug-likeness (QED) is 0.622. The molecular weight excluding hydrogens is 336 g/mol. The minimum absolute atomic E-state index is 0.344. The summed E-state index contributed by atoms with van der Waals surface area (Å²) in [6.45, 7) is 11.4. The van der Waals surface area contributed by atoms with Gasteiger partial charge in [0.2, 0.25) is 0 Å². The molecule has 1 aromatic heterocycles. The van der Waals surface area contributed by atoms with Crippen LogP contribution in [0, 0.1) is 0 Å². The zero-order chi connectivity index (χ0) is 19.6. The second-order valence-electron chi connectivity index (χ2n) is 7.53. The molecule has 4 heteroatoms. The molecule has 1 aromatic carbocycles. The SMILES string of the molecule is CCOc1c(-c2cnc3n2C=C(C=O)CC=C3)cc(C(C)C)cc1C(C)C. The molecule has 0 unspecified atom stereocenters. The number of ether oxygens (including phenoxy) is 1. The molecule has 0 amide bonds. The standard InChI is InChI=1S/C23H28N2O2/c1-6-27-23-19(16(4)5)10-18(15(2)3)11-20(23)21-12-24-22-9-7-8-17(14-26)13-25(21)22/h7,9-16H,6,8H2,1-5H3. The summed E-state index contributed by atoms with van der Waals surface area (Å²) < 4.78 is 8.11. The van der Waals surface area contributed by atoms with Crippen LogP contribution in [0.1, 0.15) is 69.8 Å². The average molecular weight is 364 g/mol. The first-order chi connectivity index (χ1) is 13.0. The van der Waals surface area contributed by atoms with Gasteiger partial charge >= 0.3 is 0 Å². The highest BCUT2D eigenvalue weighted by Crippen LogP contribution is 2.40. The predicted octanol–water partition coefficient (Wildman–Crippen LogP) is 5.65. The number of benzene rings is 1. The minimum atomic E-state index is 0.344. The van der Waals surface area contributed by atoms with E-state index in [0.29, 0.717) is 24.9 Å². The van der Waals surface area contributed by atoms with E-state index < -0.39 is 0 Å². The maximum atomic E-state index is 11.4. The summed E-state index contributed by atoms with van der Waals surface area (Å²) in [5, 5.41) is 0. The average Bonchev–Trinajstić information content (AvgIpc) is 2.91. The van der Waals surface area contributed by atoms with E-state index in [1.165, 1.54) is 11.1 Å². The monoisotopic (exact) mass is 364 g/mol. The highest BCUT2D eigenvalue weighted by molar-refractivity contribution is 5.82. The fourth-order valence-electron chi connectivity index (χ4n) is 3.36. The van der Waals surface area contributed by atoms with Crippen LogP contribution in [0.4, 0.5) is 0 Å². The van der Waals surface area contributed by atoms with Crippen molar-refractivity contribution in [3.8, 4) is 17.0 Å². The maximum absolute atomic E-state index is 11.4. The molecule has 0 atom stereocenters. The molecule has 0 aliphatic carbocycles. The van der Waals surface area contributed by atoms with Gasteiger partial charge in [-0.05, 0) is 48.4 Å². The summed E-state index contributed by atoms with van der Waals surface area (Å²) in [5.74, 6) is 2.49. The normalized spacial score (nSPS) is 13.5. The van der Waals surface area contributed by atoms with Crippen LogP contribution < -0.4 is 4.74 Å². The molecule has 0 radical (unpaired) electrons. The van der Waals surface area contributed by atoms with Crippen molar-refractivity contribution in [3.63, 3.8) is 0 Å². The molecule has 0 bridgehead atoms. The molecule has 1 aliphatic heterocycles. The summed E-state index contributed by atoms with van der Waals surface area (Å²) in [7, 11) is 0. The molecule has 27 heavy (non-hydrogen) atoms. The zero-order valence-corrected chi connectivity index (χ0v) is 16.8. The van der Waals surface area contributed by atoms with E-state index in [0.717, 1.165) is 34.7 Å². The number of nitrogens with zero attached hydrogens (tertiary/aromatic N) is 2. The molecule has 0 N–H and O–H groups in total. The lowest BCUT2D eigenvalue weighted by Gasteiger charge is -2.21. The molecule has 0 spiro atoms. The number of carbonyl (C=O) groups excluding carboxylic acids is 1. The number of imidazole rings is 1. The molecule has 2 aromatic rings. The molecule has 3 rings (SSSR count). The van der Waals surface area contributed by atoms with Gasteiger partial charge in [0.25, 0.3) is 0 Å². The first kappa shape index (κ1) is 19.2. The van der Waals surface area contributed by atoms with Crippen molar-refractivity contribution < 1.29 is 9.53 Å². The number of carbonyl (C=O) groups is 1. The number of rotatable bonds is 6. The third-order valence-electron chi connectivity index (χ3n) is 4.89. The fourth-order valence-corrected chi connectivity index (χ4v) is 3.36. The van der Waals surface area contributed by atoms with Gasteiger partial charge in [-0.2, -0.15) is 0 Å². The van der Waals surface area contributed by atoms with Gasteiger partial charge in [-0.25, -0.2) is 4.98 Å². The number of hydrogen-bond acceptors (Lipinski definition) is 3. The largest absolute Gasteiger partial charge is 0.493 e. The van der Waals surface area contributed by atoms with Crippen molar-refractivity contribution in [2.75, 3.05) is 6.61 Å². The Kier molecular flexibility index (Phi) is 5.64. The Bertz CT molecular complexity index is 901. The molecule has 142 valence electrons. The van der Waals surface area contributed by atoms with Crippen molar-refractivity contribution in [2.45, 2.75) is 52.9 Å². The van der Waals surface area contributed by atoms with Crippen LogP contribution >= 0.6 is 0 Å². The van der Waals surface area contributed by atoms with E-state index in [9.17, 15) is 4.79 Å². The van der Waals surface area contributed by atoms with Gasteiger partial charge in [-0.15, -0.1) is 0 Å². The van der Waals surface area contributed by atoms with Gasteiger partial charge in [0.1, 0.15) is 17.9 Å². The van der Waals surface area contributed by atoms with Crippen LogP contribution in [0.25, 0.3) is 23.5 Å². The molecular formula is C23H28N2O2. The van der Waals surface area contributed by atoms with Crippen LogP contribution in [0.3, 0.4) is 0 Å². The van der Waals surface area contributed by atoms with E-state index in [-0.39, 0.29) is 0 Å². The smallest absolute Gasteiger partial charge is 0.147 e. The van der Waals surface area contributed by atoms with Crippen LogP contribution in [0.2, 0.25) is 0 Å². The van der Waals surface area contributed by atoms with Crippen LogP contribution in [-0.2, 0) is 4.79 Å². The van der Waals surface area contributed by atoms with Crippen LogP contribution in [-0.4, -0.2) is 22.4 Å². The third-order valence-corrected chi connectivity index (χ3v) is 4.89. The summed E-state index contributed by atoms with van der Waals surface area (Å²) in [6.07, 6.45) is 9.23. The number of aldehydes is 1. The molecule has 4 nitrogen and oxygen atoms in total. The summed E-state index contributed by atoms with van der Waals surface area (Å²) in [4.78, 5) is 16.0. The lowest BCUT2D eigenvalue weighted by Crippen LogP contribution is -2.05. The lowest BCUT2D eigenvalue weighted by atomic mass is 9.91. The highest BCUT2D eigenvalue weighted by atomic mass is 16.5. The predicted molar refractivity (Wildman–Crippen MR) is 111 cm³/mol. The number of aromatic nitrogens is 2. The van der Waals surface area contributed by atoms with E-state index >= 15 is 0 Å². The van der Waals surface area contributed by atoms with Crippen molar-refractivity contribution >= 4 is 18.6 Å². The first-order valence-corrected chi connectivity index (χ1v) is 9.66. The number of allylic oxidation sites excluding steroid dienone is 2. The van der Waals surface area contributed by atoms with Gasteiger partial charge in [-0.1, -0.05) is 39.8 Å². The Morgan fingerprint density at radius 2 is 2.00 bits per heavy atom. The van der Waals surface area contributed by atoms with Crippen molar-refractivity contribution in [2.24, 2.45) is 0 Å². The Labute approximate surface area is 161 Å². The van der Waals surface area contributed by atoms with Crippen molar-refractivity contribution in [1.82, 2.24) is 9.55 Å². The van der Waals surface area contributed by atoms with Gasteiger partial charge in [0.05, 0.1) is 18.5 Å². The van der Waals surface area contributed by atoms with Crippen molar-refractivity contribution in [3.05, 3.63) is 46.9 Å². The molecule has 0 fully saturated rings. The Morgan fingerprint density at radius 1 is 1.22 bits per heavy atom. The first-order valence-electron chi connectivity index (χ1n) is 9.66. The van der Waals surface area contributed by atoms with Gasteiger partial charge in [0, 0.05) is 17.3 Å². The molecule has 1 aliphatic rings. The van der Waals surface area contributed by atoms with Crippen molar-refractivity contribution in [1.29, 1.82) is 0 Å². The number of fused-ring (bicyclic) bond motifs is 1. The molecule has 0 saturated heterocycles. The summed E-state index contributed by atoms with van der Waals surface area (Å²) >= 11 is 0. The zero-order valence-electron chi connectivity index (χ0n) is 16.8. The maximum Gasteiger partial charge on any atom is 0.147 e. The molecule has 0 saturated carbocycles. The van der Waals surface area contributed by atoms with Gasteiger partial charge in [0.15, 0.2) is 0 Å². The van der Waals surface area contributed by atoms with Gasteiger partial charge in [-0.3, -0.25) is 9.36 Å². The third kappa shape index (κ3) is 3.75. The second-order valence-corrected chi connectivity index (χ2v) is 7.53. The van der Waals surface area contributed by atoms with E-state index in [1.54, 1.807) is 0 Å². The Hall–Kier alpha value is -2.62. The van der Waals surface area contributed by atoms with Gasteiger partial charge < -0.3 is 4.74 Å². The Morgan fingerprint density at radius 3 is 2.63 bits per heavy atom. The second kappa shape index (κ2) is 7.95. The van der Waals surface area contributed by atoms with E-state index in [1.807, 2.05) is 36.0 Å². The lowest BCUT2D eigenvalue weighted by molar-refractivity contribution is -0.104. The summed E-state index contributed by atoms with van der Waals surface area (Å²) in [6, 6.07) is 4.46. The van der Waals surface area contributed by atoms with Crippen LogP contribution in [0.5, 0.6) is 5.75 Å². The van der Waals surface area contributed by atoms with E-state index in [2.05, 4.69) is 44.8 Å². The Balaban J connectivity index is 2.30. The highest BCUT2D eigenvalue weighted by Gasteiger charge is 2.21. The minimum Gasteiger partial charge on any atom is -0.493 e. The molecule has 2 heterocycles.